The number of carbonyl (C=O) groups excluding carboxylic acids is 1. The monoisotopic (exact) mass is 259 g/mol. The van der Waals surface area contributed by atoms with Gasteiger partial charge in [-0.1, -0.05) is 23.7 Å². The summed E-state index contributed by atoms with van der Waals surface area (Å²) in [6.45, 7) is 1.93. The molecule has 1 aromatic rings. The summed E-state index contributed by atoms with van der Waals surface area (Å²) in [4.78, 5) is 11.5. The quantitative estimate of drug-likeness (QED) is 0.806. The minimum absolute atomic E-state index is 0.0214. The molecule has 0 saturated carbocycles. The first-order valence-electron chi connectivity index (χ1n) is 5.24. The lowest BCUT2D eigenvalue weighted by atomic mass is 10.1. The Labute approximate surface area is 106 Å². The van der Waals surface area contributed by atoms with Gasteiger partial charge in [0.2, 0.25) is 5.91 Å². The van der Waals surface area contributed by atoms with Crippen molar-refractivity contribution in [3.05, 3.63) is 34.9 Å². The van der Waals surface area contributed by atoms with E-state index >= 15 is 0 Å². The lowest BCUT2D eigenvalue weighted by molar-refractivity contribution is -0.121. The van der Waals surface area contributed by atoms with Crippen molar-refractivity contribution < 1.29 is 4.79 Å². The Kier molecular flexibility index (Phi) is 5.64. The van der Waals surface area contributed by atoms with Crippen LogP contribution in [0.5, 0.6) is 0 Å². The summed E-state index contributed by atoms with van der Waals surface area (Å²) in [5.74, 6) is 0.534. The van der Waals surface area contributed by atoms with Gasteiger partial charge in [-0.15, -0.1) is 11.6 Å². The maximum Gasteiger partial charge on any atom is 0.220 e. The van der Waals surface area contributed by atoms with Gasteiger partial charge >= 0.3 is 0 Å². The predicted octanol–water partition coefficient (Wildman–Crippen LogP) is 3.54. The van der Waals surface area contributed by atoms with Gasteiger partial charge in [-0.05, 0) is 31.0 Å². The number of hydrogen-bond acceptors (Lipinski definition) is 1. The average Bonchev–Trinajstić information content (AvgIpc) is 2.26. The molecule has 1 rings (SSSR count). The van der Waals surface area contributed by atoms with Gasteiger partial charge in [0.25, 0.3) is 0 Å². The molecule has 2 nitrogen and oxygen atoms in total. The number of halogens is 2. The Balaban J connectivity index is 2.52. The molecule has 0 spiro atoms. The molecule has 0 heterocycles. The van der Waals surface area contributed by atoms with E-state index in [1.807, 2.05) is 31.2 Å². The molecule has 16 heavy (non-hydrogen) atoms. The number of carbonyl (C=O) groups is 1. The Morgan fingerprint density at radius 1 is 1.50 bits per heavy atom. The van der Waals surface area contributed by atoms with Crippen LogP contribution in [-0.2, 0) is 4.79 Å². The smallest absolute Gasteiger partial charge is 0.220 e. The van der Waals surface area contributed by atoms with E-state index in [4.69, 9.17) is 23.2 Å². The number of hydrogen-bond donors (Lipinski definition) is 1. The van der Waals surface area contributed by atoms with Crippen molar-refractivity contribution in [2.75, 3.05) is 5.88 Å². The first kappa shape index (κ1) is 13.3. The molecule has 0 radical (unpaired) electrons. The molecule has 1 atom stereocenters. The molecular formula is C12H15Cl2NO. The van der Waals surface area contributed by atoms with Crippen molar-refractivity contribution in [1.29, 1.82) is 0 Å². The third kappa shape index (κ3) is 4.42. The van der Waals surface area contributed by atoms with Gasteiger partial charge in [-0.25, -0.2) is 0 Å². The highest BCUT2D eigenvalue weighted by Crippen LogP contribution is 2.17. The molecule has 0 aromatic heterocycles. The lowest BCUT2D eigenvalue weighted by Crippen LogP contribution is -2.26. The fourth-order valence-electron chi connectivity index (χ4n) is 1.40. The van der Waals surface area contributed by atoms with Crippen LogP contribution >= 0.6 is 23.2 Å². The van der Waals surface area contributed by atoms with Gasteiger partial charge in [0, 0.05) is 17.3 Å². The molecule has 1 aromatic carbocycles. The topological polar surface area (TPSA) is 29.1 Å². The Hall–Kier alpha value is -0.730. The van der Waals surface area contributed by atoms with Crippen molar-refractivity contribution in [3.8, 4) is 0 Å². The predicted molar refractivity (Wildman–Crippen MR) is 68.0 cm³/mol. The Morgan fingerprint density at radius 3 is 2.88 bits per heavy atom. The number of benzene rings is 1. The van der Waals surface area contributed by atoms with Crippen LogP contribution in [0.2, 0.25) is 5.02 Å². The van der Waals surface area contributed by atoms with Gasteiger partial charge in [-0.2, -0.15) is 0 Å². The molecule has 0 aliphatic heterocycles. The van der Waals surface area contributed by atoms with Crippen LogP contribution < -0.4 is 5.32 Å². The molecule has 1 N–H and O–H groups in total. The highest BCUT2D eigenvalue weighted by molar-refractivity contribution is 6.30. The second-order valence-corrected chi connectivity index (χ2v) is 4.45. The molecule has 1 amide bonds. The van der Waals surface area contributed by atoms with Crippen LogP contribution in [0.15, 0.2) is 24.3 Å². The van der Waals surface area contributed by atoms with E-state index in [0.29, 0.717) is 23.7 Å². The first-order valence-corrected chi connectivity index (χ1v) is 6.15. The summed E-state index contributed by atoms with van der Waals surface area (Å²) in [5.41, 5.74) is 1.01. The summed E-state index contributed by atoms with van der Waals surface area (Å²) in [7, 11) is 0. The van der Waals surface area contributed by atoms with Crippen molar-refractivity contribution in [2.24, 2.45) is 0 Å². The van der Waals surface area contributed by atoms with Gasteiger partial charge in [0.05, 0.1) is 6.04 Å². The Morgan fingerprint density at radius 2 is 2.25 bits per heavy atom. The second kappa shape index (κ2) is 6.77. The minimum atomic E-state index is -0.0264. The molecular weight excluding hydrogens is 245 g/mol. The van der Waals surface area contributed by atoms with E-state index in [9.17, 15) is 4.79 Å². The SMILES string of the molecule is C[C@@H](NC(=O)CCCCl)c1cccc(Cl)c1. The maximum atomic E-state index is 11.5. The van der Waals surface area contributed by atoms with Crippen molar-refractivity contribution >= 4 is 29.1 Å². The van der Waals surface area contributed by atoms with Crippen molar-refractivity contribution in [1.82, 2.24) is 5.32 Å². The highest BCUT2D eigenvalue weighted by atomic mass is 35.5. The van der Waals surface area contributed by atoms with E-state index in [1.165, 1.54) is 0 Å². The fourth-order valence-corrected chi connectivity index (χ4v) is 1.73. The third-order valence-electron chi connectivity index (χ3n) is 2.26. The zero-order valence-electron chi connectivity index (χ0n) is 9.17. The van der Waals surface area contributed by atoms with E-state index < -0.39 is 0 Å². The molecule has 0 saturated heterocycles. The first-order chi connectivity index (χ1) is 7.63. The van der Waals surface area contributed by atoms with Gasteiger partial charge < -0.3 is 5.32 Å². The van der Waals surface area contributed by atoms with Crippen LogP contribution in [0, 0.1) is 0 Å². The molecule has 0 bridgehead atoms. The fraction of sp³-hybridized carbons (Fsp3) is 0.417. The van der Waals surface area contributed by atoms with E-state index in [-0.39, 0.29) is 11.9 Å². The van der Waals surface area contributed by atoms with Gasteiger partial charge in [0.15, 0.2) is 0 Å². The lowest BCUT2D eigenvalue weighted by Gasteiger charge is -2.14. The summed E-state index contributed by atoms with van der Waals surface area (Å²) in [6.07, 6.45) is 1.17. The third-order valence-corrected chi connectivity index (χ3v) is 2.77. The van der Waals surface area contributed by atoms with Crippen LogP contribution in [0.25, 0.3) is 0 Å². The minimum Gasteiger partial charge on any atom is -0.350 e. The molecule has 0 aliphatic carbocycles. The van der Waals surface area contributed by atoms with Crippen molar-refractivity contribution in [2.45, 2.75) is 25.8 Å². The van der Waals surface area contributed by atoms with E-state index in [0.717, 1.165) is 5.56 Å². The standard InChI is InChI=1S/C12H15Cl2NO/c1-9(15-12(16)6-3-7-13)10-4-2-5-11(14)8-10/h2,4-5,8-9H,3,6-7H2,1H3,(H,15,16)/t9-/m1/s1. The van der Waals surface area contributed by atoms with E-state index in [1.54, 1.807) is 0 Å². The number of rotatable bonds is 5. The van der Waals surface area contributed by atoms with Crippen LogP contribution in [0.1, 0.15) is 31.4 Å². The normalized spacial score (nSPS) is 12.2. The zero-order chi connectivity index (χ0) is 12.0. The van der Waals surface area contributed by atoms with Crippen LogP contribution in [0.3, 0.4) is 0 Å². The van der Waals surface area contributed by atoms with Crippen molar-refractivity contribution in [3.63, 3.8) is 0 Å². The molecule has 4 heteroatoms. The summed E-state index contributed by atoms with van der Waals surface area (Å²) >= 11 is 11.4. The summed E-state index contributed by atoms with van der Waals surface area (Å²) in [6, 6.07) is 7.46. The largest absolute Gasteiger partial charge is 0.350 e. The summed E-state index contributed by atoms with van der Waals surface area (Å²) in [5, 5.41) is 3.58. The average molecular weight is 260 g/mol. The molecule has 0 fully saturated rings. The highest BCUT2D eigenvalue weighted by Gasteiger charge is 2.09. The van der Waals surface area contributed by atoms with Gasteiger partial charge in [-0.3, -0.25) is 4.79 Å². The zero-order valence-corrected chi connectivity index (χ0v) is 10.7. The summed E-state index contributed by atoms with van der Waals surface area (Å²) < 4.78 is 0. The molecule has 88 valence electrons. The second-order valence-electron chi connectivity index (χ2n) is 3.64. The number of amides is 1. The number of nitrogens with one attached hydrogen (secondary N) is 1. The number of alkyl halides is 1. The Bertz CT molecular complexity index is 355. The van der Waals surface area contributed by atoms with Gasteiger partial charge in [0.1, 0.15) is 0 Å². The van der Waals surface area contributed by atoms with E-state index in [2.05, 4.69) is 5.32 Å². The maximum absolute atomic E-state index is 11.5. The van der Waals surface area contributed by atoms with Crippen LogP contribution in [-0.4, -0.2) is 11.8 Å². The molecule has 0 unspecified atom stereocenters. The molecule has 0 aliphatic rings. The van der Waals surface area contributed by atoms with Crippen LogP contribution in [0.4, 0.5) is 0 Å².